The molecule has 0 bridgehead atoms. The van der Waals surface area contributed by atoms with Gasteiger partial charge in [0, 0.05) is 25.1 Å². The van der Waals surface area contributed by atoms with Crippen LogP contribution in [-0.2, 0) is 6.42 Å². The third-order valence-corrected chi connectivity index (χ3v) is 3.69. The first kappa shape index (κ1) is 14.1. The summed E-state index contributed by atoms with van der Waals surface area (Å²) < 4.78 is 0. The first-order chi connectivity index (χ1) is 9.21. The lowest BCUT2D eigenvalue weighted by molar-refractivity contribution is 0.602. The Kier molecular flexibility index (Phi) is 5.00. The lowest BCUT2D eigenvalue weighted by Gasteiger charge is -2.15. The van der Waals surface area contributed by atoms with Gasteiger partial charge in [-0.25, -0.2) is 9.97 Å². The van der Waals surface area contributed by atoms with Crippen molar-refractivity contribution < 1.29 is 0 Å². The van der Waals surface area contributed by atoms with Crippen molar-refractivity contribution in [2.45, 2.75) is 58.9 Å². The maximum Gasteiger partial charge on any atom is 0.132 e. The van der Waals surface area contributed by atoms with Crippen molar-refractivity contribution in [2.75, 3.05) is 17.2 Å². The standard InChI is InChI=1S/C15H26N4/c1-4-8-16-14-10-15(19-13(5-2)18-14)17-12-7-6-11(3)9-12/h10-12H,4-9H2,1-3H3,(H2,16,17,18,19). The quantitative estimate of drug-likeness (QED) is 0.824. The molecule has 0 radical (unpaired) electrons. The predicted octanol–water partition coefficient (Wildman–Crippen LogP) is 3.46. The van der Waals surface area contributed by atoms with Crippen LogP contribution in [0.1, 0.15) is 52.3 Å². The van der Waals surface area contributed by atoms with E-state index in [1.165, 1.54) is 19.3 Å². The number of aromatic nitrogens is 2. The van der Waals surface area contributed by atoms with E-state index in [4.69, 9.17) is 0 Å². The Morgan fingerprint density at radius 1 is 1.21 bits per heavy atom. The van der Waals surface area contributed by atoms with Crippen molar-refractivity contribution in [3.05, 3.63) is 11.9 Å². The van der Waals surface area contributed by atoms with E-state index in [-0.39, 0.29) is 0 Å². The summed E-state index contributed by atoms with van der Waals surface area (Å²) in [5, 5.41) is 6.92. The van der Waals surface area contributed by atoms with Gasteiger partial charge in [-0.05, 0) is 31.6 Å². The average molecular weight is 262 g/mol. The lowest BCUT2D eigenvalue weighted by Crippen LogP contribution is -2.17. The summed E-state index contributed by atoms with van der Waals surface area (Å²) >= 11 is 0. The Balaban J connectivity index is 2.05. The van der Waals surface area contributed by atoms with Gasteiger partial charge in [-0.15, -0.1) is 0 Å². The third kappa shape index (κ3) is 4.08. The number of nitrogens with zero attached hydrogens (tertiary/aromatic N) is 2. The van der Waals surface area contributed by atoms with Crippen molar-refractivity contribution >= 4 is 11.6 Å². The second-order valence-electron chi connectivity index (χ2n) is 5.59. The first-order valence-electron chi connectivity index (χ1n) is 7.59. The molecule has 1 aromatic rings. The highest BCUT2D eigenvalue weighted by atomic mass is 15.1. The summed E-state index contributed by atoms with van der Waals surface area (Å²) in [5.41, 5.74) is 0. The van der Waals surface area contributed by atoms with Gasteiger partial charge < -0.3 is 10.6 Å². The maximum atomic E-state index is 4.59. The molecule has 2 rings (SSSR count). The fourth-order valence-corrected chi connectivity index (χ4v) is 2.62. The number of hydrogen-bond donors (Lipinski definition) is 2. The van der Waals surface area contributed by atoms with E-state index < -0.39 is 0 Å². The Bertz CT molecular complexity index is 405. The normalized spacial score (nSPS) is 22.5. The highest BCUT2D eigenvalue weighted by Gasteiger charge is 2.21. The Morgan fingerprint density at radius 3 is 2.63 bits per heavy atom. The molecular weight excluding hydrogens is 236 g/mol. The van der Waals surface area contributed by atoms with Gasteiger partial charge in [0.2, 0.25) is 0 Å². The molecule has 106 valence electrons. The smallest absolute Gasteiger partial charge is 0.132 e. The molecule has 19 heavy (non-hydrogen) atoms. The molecular formula is C15H26N4. The van der Waals surface area contributed by atoms with Crippen molar-refractivity contribution in [2.24, 2.45) is 5.92 Å². The Morgan fingerprint density at radius 2 is 2.00 bits per heavy atom. The topological polar surface area (TPSA) is 49.8 Å². The van der Waals surface area contributed by atoms with Gasteiger partial charge in [0.25, 0.3) is 0 Å². The van der Waals surface area contributed by atoms with Crippen molar-refractivity contribution in [1.29, 1.82) is 0 Å². The van der Waals surface area contributed by atoms with Crippen molar-refractivity contribution in [3.63, 3.8) is 0 Å². The fraction of sp³-hybridized carbons (Fsp3) is 0.733. The van der Waals surface area contributed by atoms with E-state index in [1.807, 2.05) is 6.07 Å². The molecule has 0 aliphatic heterocycles. The third-order valence-electron chi connectivity index (χ3n) is 3.69. The van der Waals surface area contributed by atoms with Gasteiger partial charge in [0.05, 0.1) is 0 Å². The summed E-state index contributed by atoms with van der Waals surface area (Å²) in [4.78, 5) is 9.10. The zero-order valence-corrected chi connectivity index (χ0v) is 12.4. The monoisotopic (exact) mass is 262 g/mol. The molecule has 1 aliphatic rings. The van der Waals surface area contributed by atoms with Gasteiger partial charge in [0.1, 0.15) is 17.5 Å². The van der Waals surface area contributed by atoms with E-state index in [0.717, 1.165) is 42.8 Å². The predicted molar refractivity (Wildman–Crippen MR) is 80.6 cm³/mol. The minimum absolute atomic E-state index is 0.577. The molecule has 1 saturated carbocycles. The van der Waals surface area contributed by atoms with Crippen LogP contribution < -0.4 is 10.6 Å². The molecule has 0 aromatic carbocycles. The van der Waals surface area contributed by atoms with Gasteiger partial charge in [0.15, 0.2) is 0 Å². The number of rotatable bonds is 6. The second kappa shape index (κ2) is 6.73. The average Bonchev–Trinajstić information content (AvgIpc) is 2.81. The van der Waals surface area contributed by atoms with E-state index in [2.05, 4.69) is 41.4 Å². The first-order valence-corrected chi connectivity index (χ1v) is 7.59. The van der Waals surface area contributed by atoms with Gasteiger partial charge in [-0.2, -0.15) is 0 Å². The van der Waals surface area contributed by atoms with Crippen LogP contribution in [0.2, 0.25) is 0 Å². The number of aryl methyl sites for hydroxylation is 1. The number of hydrogen-bond acceptors (Lipinski definition) is 4. The summed E-state index contributed by atoms with van der Waals surface area (Å²) in [6.07, 6.45) is 5.81. The van der Waals surface area contributed by atoms with Crippen LogP contribution >= 0.6 is 0 Å². The van der Waals surface area contributed by atoms with Crippen LogP contribution in [0.15, 0.2) is 6.07 Å². The van der Waals surface area contributed by atoms with Crippen molar-refractivity contribution in [1.82, 2.24) is 9.97 Å². The summed E-state index contributed by atoms with van der Waals surface area (Å²) in [6.45, 7) is 7.54. The molecule has 1 aliphatic carbocycles. The molecule has 0 amide bonds. The highest BCUT2D eigenvalue weighted by Crippen LogP contribution is 2.27. The van der Waals surface area contributed by atoms with Crippen LogP contribution in [0, 0.1) is 5.92 Å². The van der Waals surface area contributed by atoms with Gasteiger partial charge in [-0.3, -0.25) is 0 Å². The molecule has 1 heterocycles. The molecule has 0 saturated heterocycles. The SMILES string of the molecule is CCCNc1cc(NC2CCC(C)C2)nc(CC)n1. The van der Waals surface area contributed by atoms with E-state index >= 15 is 0 Å². The Labute approximate surface area is 116 Å². The van der Waals surface area contributed by atoms with E-state index in [1.54, 1.807) is 0 Å². The maximum absolute atomic E-state index is 4.59. The minimum atomic E-state index is 0.577. The van der Waals surface area contributed by atoms with Crippen LogP contribution in [0.4, 0.5) is 11.6 Å². The summed E-state index contributed by atoms with van der Waals surface area (Å²) in [5.74, 6) is 3.67. The van der Waals surface area contributed by atoms with E-state index in [9.17, 15) is 0 Å². The van der Waals surface area contributed by atoms with Crippen LogP contribution in [0.3, 0.4) is 0 Å². The van der Waals surface area contributed by atoms with Gasteiger partial charge >= 0.3 is 0 Å². The van der Waals surface area contributed by atoms with Crippen molar-refractivity contribution in [3.8, 4) is 0 Å². The molecule has 2 N–H and O–H groups in total. The molecule has 2 atom stereocenters. The largest absolute Gasteiger partial charge is 0.370 e. The molecule has 4 heteroatoms. The Hall–Kier alpha value is -1.32. The highest BCUT2D eigenvalue weighted by molar-refractivity contribution is 5.48. The van der Waals surface area contributed by atoms with E-state index in [0.29, 0.717) is 6.04 Å². The minimum Gasteiger partial charge on any atom is -0.370 e. The van der Waals surface area contributed by atoms with Crippen LogP contribution in [0.5, 0.6) is 0 Å². The van der Waals surface area contributed by atoms with Gasteiger partial charge in [-0.1, -0.05) is 20.8 Å². The molecule has 4 nitrogen and oxygen atoms in total. The molecule has 2 unspecified atom stereocenters. The zero-order chi connectivity index (χ0) is 13.7. The summed E-state index contributed by atoms with van der Waals surface area (Å²) in [6, 6.07) is 2.62. The zero-order valence-electron chi connectivity index (χ0n) is 12.4. The number of anilines is 2. The second-order valence-corrected chi connectivity index (χ2v) is 5.59. The molecule has 1 fully saturated rings. The fourth-order valence-electron chi connectivity index (χ4n) is 2.62. The lowest BCUT2D eigenvalue weighted by atomic mass is 10.1. The summed E-state index contributed by atoms with van der Waals surface area (Å²) in [7, 11) is 0. The van der Waals surface area contributed by atoms with Crippen LogP contribution in [0.25, 0.3) is 0 Å². The molecule has 0 spiro atoms. The number of nitrogens with one attached hydrogen (secondary N) is 2. The van der Waals surface area contributed by atoms with Crippen LogP contribution in [-0.4, -0.2) is 22.6 Å². The molecule has 1 aromatic heterocycles.